The van der Waals surface area contributed by atoms with Crippen molar-refractivity contribution in [3.8, 4) is 11.3 Å². The molecule has 0 radical (unpaired) electrons. The molecule has 1 fully saturated rings. The molecule has 5 nitrogen and oxygen atoms in total. The molecule has 128 valence electrons. The van der Waals surface area contributed by atoms with E-state index in [-0.39, 0.29) is 8.76 Å². The van der Waals surface area contributed by atoms with Crippen molar-refractivity contribution in [2.45, 2.75) is 18.9 Å². The standard InChI is InChI=1S/C20H18N4O.2H2/c25-20(22-16-9-10-16)15-7-4-8-17(13-15)21-19-12-11-18(23-24-19)14-5-2-1-3-6-14;;/h1-8,11-13,16H,9-10H2,(H,21,24)(H,22,25);2*1H. The minimum atomic E-state index is -0.0309. The zero-order valence-electron chi connectivity index (χ0n) is 13.6. The van der Waals surface area contributed by atoms with Gasteiger partial charge >= 0.3 is 0 Å². The van der Waals surface area contributed by atoms with Crippen LogP contribution in [0.4, 0.5) is 11.5 Å². The van der Waals surface area contributed by atoms with E-state index in [2.05, 4.69) is 20.8 Å². The molecule has 0 unspecified atom stereocenters. The number of hydrogen-bond donors (Lipinski definition) is 2. The molecule has 0 atom stereocenters. The van der Waals surface area contributed by atoms with Crippen molar-refractivity contribution in [2.24, 2.45) is 0 Å². The van der Waals surface area contributed by atoms with Gasteiger partial charge in [0, 0.05) is 25.7 Å². The molecule has 1 aliphatic rings. The summed E-state index contributed by atoms with van der Waals surface area (Å²) in [5.41, 5.74) is 3.31. The van der Waals surface area contributed by atoms with Crippen molar-refractivity contribution in [2.75, 3.05) is 5.32 Å². The van der Waals surface area contributed by atoms with Crippen LogP contribution in [0.2, 0.25) is 0 Å². The van der Waals surface area contributed by atoms with Gasteiger partial charge in [-0.15, -0.1) is 10.2 Å². The molecule has 0 bridgehead atoms. The SMILES string of the molecule is O=C(NC1CC1)c1cccc(Nc2ccc(-c3ccccc3)nn2)c1.[HH].[HH]. The second-order valence-electron chi connectivity index (χ2n) is 6.12. The summed E-state index contributed by atoms with van der Waals surface area (Å²) in [5, 5.41) is 14.7. The normalized spacial score (nSPS) is 13.3. The molecule has 4 rings (SSSR count). The zero-order chi connectivity index (χ0) is 17.1. The van der Waals surface area contributed by atoms with Crippen molar-refractivity contribution in [3.63, 3.8) is 0 Å². The Kier molecular flexibility index (Phi) is 4.12. The van der Waals surface area contributed by atoms with Gasteiger partial charge in [0.05, 0.1) is 5.69 Å². The molecule has 1 aliphatic carbocycles. The molecule has 1 amide bonds. The molecule has 0 spiro atoms. The van der Waals surface area contributed by atoms with Crippen LogP contribution in [0, 0.1) is 0 Å². The van der Waals surface area contributed by atoms with Gasteiger partial charge in [-0.05, 0) is 43.2 Å². The van der Waals surface area contributed by atoms with Gasteiger partial charge in [-0.1, -0.05) is 36.4 Å². The highest BCUT2D eigenvalue weighted by Crippen LogP contribution is 2.21. The van der Waals surface area contributed by atoms with Crippen LogP contribution in [0.3, 0.4) is 0 Å². The van der Waals surface area contributed by atoms with E-state index in [0.717, 1.165) is 29.8 Å². The number of nitrogens with one attached hydrogen (secondary N) is 2. The Morgan fingerprint density at radius 3 is 2.52 bits per heavy atom. The third kappa shape index (κ3) is 3.83. The lowest BCUT2D eigenvalue weighted by Crippen LogP contribution is -2.25. The lowest BCUT2D eigenvalue weighted by atomic mass is 10.1. The van der Waals surface area contributed by atoms with Crippen molar-refractivity contribution in [1.29, 1.82) is 0 Å². The van der Waals surface area contributed by atoms with Gasteiger partial charge in [-0.2, -0.15) is 0 Å². The lowest BCUT2D eigenvalue weighted by Gasteiger charge is -2.08. The number of hydrogen-bond acceptors (Lipinski definition) is 4. The number of aromatic nitrogens is 2. The average molecular weight is 334 g/mol. The summed E-state index contributed by atoms with van der Waals surface area (Å²) >= 11 is 0. The van der Waals surface area contributed by atoms with Crippen LogP contribution in [-0.4, -0.2) is 22.1 Å². The Labute approximate surface area is 149 Å². The molecule has 5 heteroatoms. The molecule has 1 saturated carbocycles. The van der Waals surface area contributed by atoms with E-state index < -0.39 is 0 Å². The van der Waals surface area contributed by atoms with Crippen LogP contribution in [0.5, 0.6) is 0 Å². The highest BCUT2D eigenvalue weighted by Gasteiger charge is 2.23. The van der Waals surface area contributed by atoms with Gasteiger partial charge in [0.15, 0.2) is 5.82 Å². The maximum Gasteiger partial charge on any atom is 0.251 e. The van der Waals surface area contributed by atoms with Gasteiger partial charge in [-0.25, -0.2) is 0 Å². The molecule has 1 heterocycles. The van der Waals surface area contributed by atoms with Gasteiger partial charge in [0.2, 0.25) is 0 Å². The third-order valence-corrected chi connectivity index (χ3v) is 4.04. The van der Waals surface area contributed by atoms with Crippen molar-refractivity contribution < 1.29 is 7.65 Å². The summed E-state index contributed by atoms with van der Waals surface area (Å²) in [6, 6.07) is 21.5. The largest absolute Gasteiger partial charge is 0.349 e. The fourth-order valence-electron chi connectivity index (χ4n) is 2.54. The fraction of sp³-hybridized carbons (Fsp3) is 0.150. The van der Waals surface area contributed by atoms with Gasteiger partial charge in [0.25, 0.3) is 5.91 Å². The van der Waals surface area contributed by atoms with Crippen LogP contribution in [-0.2, 0) is 0 Å². The molecular formula is C20H22N4O. The third-order valence-electron chi connectivity index (χ3n) is 4.04. The number of carbonyl (C=O) groups excluding carboxylic acids is 1. The zero-order valence-corrected chi connectivity index (χ0v) is 13.6. The van der Waals surface area contributed by atoms with Crippen LogP contribution in [0.15, 0.2) is 66.7 Å². The van der Waals surface area contributed by atoms with Crippen LogP contribution in [0.1, 0.15) is 26.1 Å². The van der Waals surface area contributed by atoms with E-state index in [0.29, 0.717) is 17.4 Å². The Bertz CT molecular complexity index is 884. The van der Waals surface area contributed by atoms with E-state index >= 15 is 0 Å². The molecule has 2 N–H and O–H groups in total. The van der Waals surface area contributed by atoms with Crippen LogP contribution < -0.4 is 10.6 Å². The highest BCUT2D eigenvalue weighted by atomic mass is 16.1. The van der Waals surface area contributed by atoms with Crippen LogP contribution in [0.25, 0.3) is 11.3 Å². The fourth-order valence-corrected chi connectivity index (χ4v) is 2.54. The summed E-state index contributed by atoms with van der Waals surface area (Å²) in [6.07, 6.45) is 2.15. The van der Waals surface area contributed by atoms with Gasteiger partial charge < -0.3 is 10.6 Å². The Balaban J connectivity index is 0.00000131. The Morgan fingerprint density at radius 1 is 0.960 bits per heavy atom. The molecule has 0 aliphatic heterocycles. The summed E-state index contributed by atoms with van der Waals surface area (Å²) in [4.78, 5) is 12.1. The monoisotopic (exact) mass is 334 g/mol. The van der Waals surface area contributed by atoms with Crippen molar-refractivity contribution in [1.82, 2.24) is 15.5 Å². The number of nitrogens with zero attached hydrogens (tertiary/aromatic N) is 2. The average Bonchev–Trinajstić information content (AvgIpc) is 3.47. The molecule has 1 aromatic heterocycles. The first-order valence-corrected chi connectivity index (χ1v) is 8.35. The van der Waals surface area contributed by atoms with E-state index in [1.165, 1.54) is 0 Å². The predicted octanol–water partition coefficient (Wildman–Crippen LogP) is 4.27. The Hall–Kier alpha value is -3.21. The quantitative estimate of drug-likeness (QED) is 0.731. The van der Waals surface area contributed by atoms with Crippen molar-refractivity contribution in [3.05, 3.63) is 72.3 Å². The topological polar surface area (TPSA) is 66.9 Å². The maximum absolute atomic E-state index is 12.1. The molecule has 3 aromatic rings. The maximum atomic E-state index is 12.1. The predicted molar refractivity (Wildman–Crippen MR) is 102 cm³/mol. The molecule has 25 heavy (non-hydrogen) atoms. The van der Waals surface area contributed by atoms with Gasteiger partial charge in [-0.3, -0.25) is 4.79 Å². The smallest absolute Gasteiger partial charge is 0.251 e. The first-order valence-electron chi connectivity index (χ1n) is 8.35. The summed E-state index contributed by atoms with van der Waals surface area (Å²) < 4.78 is 0. The second kappa shape index (κ2) is 6.73. The van der Waals surface area contributed by atoms with E-state index in [9.17, 15) is 4.79 Å². The second-order valence-corrected chi connectivity index (χ2v) is 6.12. The van der Waals surface area contributed by atoms with Crippen LogP contribution >= 0.6 is 0 Å². The van der Waals surface area contributed by atoms with E-state index in [1.54, 1.807) is 0 Å². The van der Waals surface area contributed by atoms with E-state index in [4.69, 9.17) is 0 Å². The summed E-state index contributed by atoms with van der Waals surface area (Å²) in [5.74, 6) is 0.607. The minimum Gasteiger partial charge on any atom is -0.349 e. The van der Waals surface area contributed by atoms with Gasteiger partial charge in [0.1, 0.15) is 0 Å². The minimum absolute atomic E-state index is 0. The lowest BCUT2D eigenvalue weighted by molar-refractivity contribution is 0.0951. The number of amides is 1. The number of carbonyl (C=O) groups is 1. The molecular weight excluding hydrogens is 312 g/mol. The van der Waals surface area contributed by atoms with E-state index in [1.807, 2.05) is 66.7 Å². The first kappa shape index (κ1) is 15.3. The summed E-state index contributed by atoms with van der Waals surface area (Å²) in [7, 11) is 0. The first-order chi connectivity index (χ1) is 12.3. The number of anilines is 2. The Morgan fingerprint density at radius 2 is 1.80 bits per heavy atom. The molecule has 2 aromatic carbocycles. The summed E-state index contributed by atoms with van der Waals surface area (Å²) in [6.45, 7) is 0. The molecule has 0 saturated heterocycles. The number of benzene rings is 2. The van der Waals surface area contributed by atoms with Crippen molar-refractivity contribution >= 4 is 17.4 Å². The number of rotatable bonds is 5. The highest BCUT2D eigenvalue weighted by molar-refractivity contribution is 5.95.